The van der Waals surface area contributed by atoms with Crippen LogP contribution in [0.5, 0.6) is 0 Å². The number of rotatable bonds is 2. The lowest BCUT2D eigenvalue weighted by molar-refractivity contribution is 0.252. The van der Waals surface area contributed by atoms with E-state index in [-0.39, 0.29) is 0 Å². The molecule has 0 saturated heterocycles. The second kappa shape index (κ2) is 3.25. The van der Waals surface area contributed by atoms with Crippen LogP contribution in [0.2, 0.25) is 0 Å². The Balaban J connectivity index is 2.77. The molecule has 0 aliphatic carbocycles. The van der Waals surface area contributed by atoms with Crippen LogP contribution in [0.15, 0.2) is 16.8 Å². The van der Waals surface area contributed by atoms with Crippen molar-refractivity contribution in [2.75, 3.05) is 0 Å². The maximum absolute atomic E-state index is 10.3. The second-order valence-electron chi connectivity index (χ2n) is 1.69. The molecular formula is C5H6O3S2. The van der Waals surface area contributed by atoms with Gasteiger partial charge in [0.1, 0.15) is 0 Å². The fraction of sp³-hybridized carbons (Fsp3) is 0.200. The average molecular weight is 178 g/mol. The molecule has 10 heavy (non-hydrogen) atoms. The SMILES string of the molecule is O=S(O)C(O)c1ccsc1. The predicted octanol–water partition coefficient (Wildman–Crippen LogP) is 0.961. The van der Waals surface area contributed by atoms with Crippen molar-refractivity contribution >= 4 is 22.4 Å². The molecule has 0 aromatic carbocycles. The van der Waals surface area contributed by atoms with Gasteiger partial charge in [-0.25, -0.2) is 4.21 Å². The van der Waals surface area contributed by atoms with Crippen LogP contribution in [-0.2, 0) is 11.1 Å². The van der Waals surface area contributed by atoms with Gasteiger partial charge in [-0.3, -0.25) is 0 Å². The maximum atomic E-state index is 10.3. The Morgan fingerprint density at radius 1 is 1.70 bits per heavy atom. The highest BCUT2D eigenvalue weighted by Crippen LogP contribution is 2.17. The first-order valence-electron chi connectivity index (χ1n) is 2.51. The lowest BCUT2D eigenvalue weighted by Crippen LogP contribution is -2.02. The van der Waals surface area contributed by atoms with Crippen molar-refractivity contribution in [2.45, 2.75) is 5.44 Å². The normalized spacial score (nSPS) is 16.6. The summed E-state index contributed by atoms with van der Waals surface area (Å²) in [5, 5.41) is 12.3. The van der Waals surface area contributed by atoms with Crippen molar-refractivity contribution in [3.05, 3.63) is 22.4 Å². The first-order valence-corrected chi connectivity index (χ1v) is 4.63. The number of hydrogen-bond acceptors (Lipinski definition) is 3. The molecular weight excluding hydrogens is 172 g/mol. The van der Waals surface area contributed by atoms with E-state index < -0.39 is 16.5 Å². The predicted molar refractivity (Wildman–Crippen MR) is 40.1 cm³/mol. The van der Waals surface area contributed by atoms with Gasteiger partial charge >= 0.3 is 0 Å². The number of hydrogen-bond donors (Lipinski definition) is 2. The molecule has 0 fully saturated rings. The third-order valence-electron chi connectivity index (χ3n) is 1.02. The van der Waals surface area contributed by atoms with E-state index >= 15 is 0 Å². The van der Waals surface area contributed by atoms with Crippen molar-refractivity contribution in [2.24, 2.45) is 0 Å². The smallest absolute Gasteiger partial charge is 0.187 e. The molecule has 0 aliphatic heterocycles. The summed E-state index contributed by atoms with van der Waals surface area (Å²) in [6, 6.07) is 1.61. The topological polar surface area (TPSA) is 57.5 Å². The molecule has 0 radical (unpaired) electrons. The van der Waals surface area contributed by atoms with Crippen molar-refractivity contribution < 1.29 is 13.9 Å². The Labute approximate surface area is 64.6 Å². The quantitative estimate of drug-likeness (QED) is 0.663. The minimum absolute atomic E-state index is 0.492. The van der Waals surface area contributed by atoms with Gasteiger partial charge in [0.25, 0.3) is 0 Å². The number of aliphatic hydroxyl groups is 1. The lowest BCUT2D eigenvalue weighted by Gasteiger charge is -2.00. The molecule has 1 aromatic rings. The average Bonchev–Trinajstić information content (AvgIpc) is 2.36. The lowest BCUT2D eigenvalue weighted by atomic mass is 10.4. The molecule has 1 aromatic heterocycles. The first-order chi connectivity index (χ1) is 4.72. The van der Waals surface area contributed by atoms with E-state index in [1.54, 1.807) is 16.8 Å². The molecule has 2 N–H and O–H groups in total. The molecule has 2 unspecified atom stereocenters. The Morgan fingerprint density at radius 3 is 2.80 bits per heavy atom. The minimum Gasteiger partial charge on any atom is -0.373 e. The summed E-state index contributed by atoms with van der Waals surface area (Å²) < 4.78 is 18.7. The number of aliphatic hydroxyl groups excluding tert-OH is 1. The zero-order chi connectivity index (χ0) is 7.56. The Hall–Kier alpha value is -0.230. The van der Waals surface area contributed by atoms with E-state index in [9.17, 15) is 4.21 Å². The summed E-state index contributed by atoms with van der Waals surface area (Å²) in [6.45, 7) is 0. The summed E-state index contributed by atoms with van der Waals surface area (Å²) >= 11 is -0.798. The molecule has 56 valence electrons. The van der Waals surface area contributed by atoms with Crippen molar-refractivity contribution in [3.8, 4) is 0 Å². The Bertz CT molecular complexity index is 219. The van der Waals surface area contributed by atoms with E-state index in [1.807, 2.05) is 0 Å². The highest BCUT2D eigenvalue weighted by atomic mass is 32.2. The third kappa shape index (κ3) is 1.63. The van der Waals surface area contributed by atoms with E-state index in [0.29, 0.717) is 5.56 Å². The molecule has 0 spiro atoms. The minimum atomic E-state index is -2.18. The molecule has 0 bridgehead atoms. The van der Waals surface area contributed by atoms with Gasteiger partial charge in [-0.2, -0.15) is 11.3 Å². The number of thiophene rings is 1. The zero-order valence-corrected chi connectivity index (χ0v) is 6.56. The molecule has 3 nitrogen and oxygen atoms in total. The summed E-state index contributed by atoms with van der Waals surface area (Å²) in [5.74, 6) is 0. The highest BCUT2D eigenvalue weighted by molar-refractivity contribution is 7.79. The molecule has 5 heteroatoms. The van der Waals surface area contributed by atoms with Crippen LogP contribution < -0.4 is 0 Å². The van der Waals surface area contributed by atoms with Gasteiger partial charge in [0, 0.05) is 5.56 Å². The second-order valence-corrected chi connectivity index (χ2v) is 3.46. The van der Waals surface area contributed by atoms with Crippen LogP contribution in [0, 0.1) is 0 Å². The monoisotopic (exact) mass is 178 g/mol. The zero-order valence-electron chi connectivity index (χ0n) is 4.93. The summed E-state index contributed by atoms with van der Waals surface area (Å²) in [4.78, 5) is 0. The molecule has 0 amide bonds. The van der Waals surface area contributed by atoms with Crippen molar-refractivity contribution in [1.82, 2.24) is 0 Å². The van der Waals surface area contributed by atoms with Crippen LogP contribution in [0.25, 0.3) is 0 Å². The summed E-state index contributed by atoms with van der Waals surface area (Å²) in [5.41, 5.74) is -0.767. The van der Waals surface area contributed by atoms with Crippen LogP contribution in [-0.4, -0.2) is 13.9 Å². The summed E-state index contributed by atoms with van der Waals surface area (Å²) in [7, 11) is 0. The van der Waals surface area contributed by atoms with Gasteiger partial charge in [0.05, 0.1) is 0 Å². The Morgan fingerprint density at radius 2 is 2.40 bits per heavy atom. The fourth-order valence-corrected chi connectivity index (χ4v) is 1.68. The van der Waals surface area contributed by atoms with Crippen LogP contribution in [0.1, 0.15) is 11.0 Å². The molecule has 0 saturated carbocycles. The van der Waals surface area contributed by atoms with Gasteiger partial charge in [-0.1, -0.05) is 0 Å². The van der Waals surface area contributed by atoms with Gasteiger partial charge in [0.15, 0.2) is 16.5 Å². The first kappa shape index (κ1) is 7.87. The van der Waals surface area contributed by atoms with Crippen molar-refractivity contribution in [3.63, 3.8) is 0 Å². The standard InChI is InChI=1S/C5H6O3S2/c6-5(10(7)8)4-1-2-9-3-4/h1-3,5-6H,(H,7,8). The highest BCUT2D eigenvalue weighted by Gasteiger charge is 2.12. The van der Waals surface area contributed by atoms with E-state index in [4.69, 9.17) is 9.66 Å². The van der Waals surface area contributed by atoms with Gasteiger partial charge in [0.2, 0.25) is 0 Å². The molecule has 1 rings (SSSR count). The van der Waals surface area contributed by atoms with Gasteiger partial charge in [-0.15, -0.1) is 0 Å². The van der Waals surface area contributed by atoms with E-state index in [0.717, 1.165) is 0 Å². The van der Waals surface area contributed by atoms with Crippen LogP contribution in [0.4, 0.5) is 0 Å². The van der Waals surface area contributed by atoms with Crippen LogP contribution >= 0.6 is 11.3 Å². The molecule has 1 heterocycles. The van der Waals surface area contributed by atoms with Crippen molar-refractivity contribution in [1.29, 1.82) is 0 Å². The Kier molecular flexibility index (Phi) is 2.56. The molecule has 2 atom stereocenters. The largest absolute Gasteiger partial charge is 0.373 e. The maximum Gasteiger partial charge on any atom is 0.187 e. The fourth-order valence-electron chi connectivity index (χ4n) is 0.532. The van der Waals surface area contributed by atoms with E-state index in [1.165, 1.54) is 11.3 Å². The van der Waals surface area contributed by atoms with E-state index in [2.05, 4.69) is 0 Å². The van der Waals surface area contributed by atoms with Gasteiger partial charge in [-0.05, 0) is 16.8 Å². The molecule has 0 aliphatic rings. The van der Waals surface area contributed by atoms with Gasteiger partial charge < -0.3 is 9.66 Å². The third-order valence-corrected chi connectivity index (χ3v) is 2.37. The summed E-state index contributed by atoms with van der Waals surface area (Å²) in [6.07, 6.45) is 0. The van der Waals surface area contributed by atoms with Crippen LogP contribution in [0.3, 0.4) is 0 Å².